The topological polar surface area (TPSA) is 71.0 Å². The molecular weight excluding hydrogens is 367 g/mol. The summed E-state index contributed by atoms with van der Waals surface area (Å²) in [5.41, 5.74) is 0.144. The highest BCUT2D eigenvalue weighted by molar-refractivity contribution is 6.61. The van der Waals surface area contributed by atoms with Crippen LogP contribution in [0.5, 0.6) is 0 Å². The number of nitrogens with zero attached hydrogens (tertiary/aromatic N) is 4. The molecule has 160 valence electrons. The molecule has 1 aromatic heterocycles. The molecule has 0 unspecified atom stereocenters. The van der Waals surface area contributed by atoms with Gasteiger partial charge in [0.25, 0.3) is 0 Å². The molecular formula is C21H35BN4O3. The maximum absolute atomic E-state index is 9.25. The van der Waals surface area contributed by atoms with E-state index in [4.69, 9.17) is 19.3 Å². The normalized spacial score (nSPS) is 26.7. The van der Waals surface area contributed by atoms with Crippen LogP contribution in [-0.4, -0.2) is 77.1 Å². The SMILES string of the molecule is CC1(C)OB(c2cnc(N(C[C@H]3CCCN(CCO)C3)C3CC3)nc2)OC1(C)C. The zero-order valence-corrected chi connectivity index (χ0v) is 18.3. The molecule has 7 nitrogen and oxygen atoms in total. The molecule has 3 heterocycles. The fraction of sp³-hybridized carbons (Fsp3) is 0.810. The summed E-state index contributed by atoms with van der Waals surface area (Å²) in [6, 6.07) is 0.561. The van der Waals surface area contributed by atoms with Gasteiger partial charge in [0.2, 0.25) is 5.95 Å². The Labute approximate surface area is 174 Å². The monoisotopic (exact) mass is 402 g/mol. The molecule has 1 aliphatic carbocycles. The minimum Gasteiger partial charge on any atom is -0.399 e. The number of β-amino-alcohol motifs (C(OH)–C–C–N with tert-alkyl or cyclic N) is 1. The Balaban J connectivity index is 1.43. The van der Waals surface area contributed by atoms with Gasteiger partial charge in [-0.2, -0.15) is 0 Å². The lowest BCUT2D eigenvalue weighted by molar-refractivity contribution is 0.00578. The Kier molecular flexibility index (Phi) is 5.90. The summed E-state index contributed by atoms with van der Waals surface area (Å²) in [4.78, 5) is 14.2. The molecule has 1 saturated carbocycles. The van der Waals surface area contributed by atoms with Gasteiger partial charge in [-0.05, 0) is 65.8 Å². The Bertz CT molecular complexity index is 678. The molecule has 0 amide bonds. The molecule has 3 aliphatic rings. The molecule has 2 saturated heterocycles. The third-order valence-corrected chi connectivity index (χ3v) is 6.90. The molecule has 29 heavy (non-hydrogen) atoms. The highest BCUT2D eigenvalue weighted by Crippen LogP contribution is 2.36. The molecule has 1 N–H and O–H groups in total. The van der Waals surface area contributed by atoms with Crippen molar-refractivity contribution < 1.29 is 14.4 Å². The number of hydrogen-bond donors (Lipinski definition) is 1. The second-order valence-electron chi connectivity index (χ2n) is 9.82. The lowest BCUT2D eigenvalue weighted by Gasteiger charge is -2.35. The fourth-order valence-corrected chi connectivity index (χ4v) is 4.28. The lowest BCUT2D eigenvalue weighted by atomic mass is 9.81. The molecule has 4 rings (SSSR count). The van der Waals surface area contributed by atoms with E-state index in [2.05, 4.69) is 37.5 Å². The van der Waals surface area contributed by atoms with E-state index in [1.165, 1.54) is 25.7 Å². The van der Waals surface area contributed by atoms with Crippen LogP contribution in [0.25, 0.3) is 0 Å². The minimum atomic E-state index is -0.422. The first-order valence-corrected chi connectivity index (χ1v) is 11.1. The zero-order valence-electron chi connectivity index (χ0n) is 18.3. The van der Waals surface area contributed by atoms with Crippen molar-refractivity contribution in [1.82, 2.24) is 14.9 Å². The Hall–Kier alpha value is -1.22. The van der Waals surface area contributed by atoms with E-state index >= 15 is 0 Å². The number of aromatic nitrogens is 2. The highest BCUT2D eigenvalue weighted by Gasteiger charge is 2.52. The van der Waals surface area contributed by atoms with E-state index in [-0.39, 0.29) is 17.8 Å². The number of aliphatic hydroxyl groups excluding tert-OH is 1. The van der Waals surface area contributed by atoms with Crippen molar-refractivity contribution >= 4 is 18.5 Å². The standard InChI is InChI=1S/C21H35BN4O3/c1-20(2)21(3,4)29-22(28-20)17-12-23-19(24-13-17)26(18-7-8-18)15-16-6-5-9-25(14-16)10-11-27/h12-13,16,18,27H,5-11,14-15H2,1-4H3/t16-/m0/s1. The van der Waals surface area contributed by atoms with Crippen LogP contribution in [0.15, 0.2) is 12.4 Å². The zero-order chi connectivity index (χ0) is 20.6. The molecule has 0 bridgehead atoms. The second-order valence-corrected chi connectivity index (χ2v) is 9.82. The number of piperidine rings is 1. The van der Waals surface area contributed by atoms with Gasteiger partial charge in [0.1, 0.15) is 0 Å². The van der Waals surface area contributed by atoms with Gasteiger partial charge >= 0.3 is 7.12 Å². The highest BCUT2D eigenvalue weighted by atomic mass is 16.7. The van der Waals surface area contributed by atoms with Crippen molar-refractivity contribution in [2.45, 2.75) is 70.6 Å². The van der Waals surface area contributed by atoms with Gasteiger partial charge < -0.3 is 24.2 Å². The van der Waals surface area contributed by atoms with Crippen LogP contribution in [0, 0.1) is 5.92 Å². The van der Waals surface area contributed by atoms with Gasteiger partial charge in [-0.25, -0.2) is 9.97 Å². The van der Waals surface area contributed by atoms with Crippen LogP contribution in [-0.2, 0) is 9.31 Å². The summed E-state index contributed by atoms with van der Waals surface area (Å²) in [5, 5.41) is 9.25. The summed E-state index contributed by atoms with van der Waals surface area (Å²) in [6.45, 7) is 12.4. The van der Waals surface area contributed by atoms with Crippen molar-refractivity contribution in [3.05, 3.63) is 12.4 Å². The summed E-state index contributed by atoms with van der Waals surface area (Å²) in [5.74, 6) is 1.41. The Morgan fingerprint density at radius 3 is 2.38 bits per heavy atom. The first-order valence-electron chi connectivity index (χ1n) is 11.1. The molecule has 8 heteroatoms. The molecule has 1 aromatic rings. The average Bonchev–Trinajstić information content (AvgIpc) is 3.48. The number of hydrogen-bond acceptors (Lipinski definition) is 7. The Morgan fingerprint density at radius 1 is 1.14 bits per heavy atom. The summed E-state index contributed by atoms with van der Waals surface area (Å²) in [7, 11) is -0.422. The Morgan fingerprint density at radius 2 is 1.79 bits per heavy atom. The number of aliphatic hydroxyl groups is 1. The first-order chi connectivity index (χ1) is 13.8. The largest absolute Gasteiger partial charge is 0.498 e. The van der Waals surface area contributed by atoms with Crippen LogP contribution in [0.4, 0.5) is 5.95 Å². The lowest BCUT2D eigenvalue weighted by Crippen LogP contribution is -2.43. The third kappa shape index (κ3) is 4.60. The van der Waals surface area contributed by atoms with Gasteiger partial charge in [0.05, 0.1) is 17.8 Å². The van der Waals surface area contributed by atoms with Crippen LogP contribution < -0.4 is 10.4 Å². The van der Waals surface area contributed by atoms with E-state index in [0.29, 0.717) is 12.0 Å². The first kappa shape index (κ1) is 21.0. The van der Waals surface area contributed by atoms with E-state index in [1.54, 1.807) is 0 Å². The molecule has 0 aromatic carbocycles. The molecule has 1 atom stereocenters. The maximum Gasteiger partial charge on any atom is 0.498 e. The fourth-order valence-electron chi connectivity index (χ4n) is 4.28. The van der Waals surface area contributed by atoms with Crippen molar-refractivity contribution in [1.29, 1.82) is 0 Å². The smallest absolute Gasteiger partial charge is 0.399 e. The van der Waals surface area contributed by atoms with E-state index in [1.807, 2.05) is 12.4 Å². The summed E-state index contributed by atoms with van der Waals surface area (Å²) < 4.78 is 12.2. The summed E-state index contributed by atoms with van der Waals surface area (Å²) >= 11 is 0. The van der Waals surface area contributed by atoms with E-state index in [0.717, 1.165) is 37.6 Å². The van der Waals surface area contributed by atoms with Crippen molar-refractivity contribution in [2.75, 3.05) is 37.7 Å². The van der Waals surface area contributed by atoms with Crippen molar-refractivity contribution in [3.8, 4) is 0 Å². The molecule has 3 fully saturated rings. The number of rotatable bonds is 7. The van der Waals surface area contributed by atoms with Gasteiger partial charge in [-0.3, -0.25) is 0 Å². The molecule has 2 aliphatic heterocycles. The van der Waals surface area contributed by atoms with Crippen molar-refractivity contribution in [3.63, 3.8) is 0 Å². The molecule has 0 spiro atoms. The van der Waals surface area contributed by atoms with Crippen LogP contribution in [0.2, 0.25) is 0 Å². The van der Waals surface area contributed by atoms with Crippen LogP contribution in [0.3, 0.4) is 0 Å². The van der Waals surface area contributed by atoms with Gasteiger partial charge in [0, 0.05) is 43.5 Å². The van der Waals surface area contributed by atoms with Crippen molar-refractivity contribution in [2.24, 2.45) is 5.92 Å². The summed E-state index contributed by atoms with van der Waals surface area (Å²) in [6.07, 6.45) is 8.59. The third-order valence-electron chi connectivity index (χ3n) is 6.90. The van der Waals surface area contributed by atoms with Crippen LogP contribution in [0.1, 0.15) is 53.4 Å². The van der Waals surface area contributed by atoms with Crippen LogP contribution >= 0.6 is 0 Å². The van der Waals surface area contributed by atoms with E-state index in [9.17, 15) is 5.11 Å². The minimum absolute atomic E-state index is 0.239. The van der Waals surface area contributed by atoms with Gasteiger partial charge in [-0.1, -0.05) is 0 Å². The maximum atomic E-state index is 9.25. The quantitative estimate of drug-likeness (QED) is 0.693. The predicted octanol–water partition coefficient (Wildman–Crippen LogP) is 1.45. The number of anilines is 1. The second kappa shape index (κ2) is 8.14. The van der Waals surface area contributed by atoms with Gasteiger partial charge in [0.15, 0.2) is 0 Å². The van der Waals surface area contributed by atoms with E-state index < -0.39 is 7.12 Å². The predicted molar refractivity (Wildman–Crippen MR) is 114 cm³/mol. The molecule has 0 radical (unpaired) electrons. The number of likely N-dealkylation sites (tertiary alicyclic amines) is 1. The average molecular weight is 402 g/mol. The van der Waals surface area contributed by atoms with Gasteiger partial charge in [-0.15, -0.1) is 0 Å².